The summed E-state index contributed by atoms with van der Waals surface area (Å²) in [4.78, 5) is 17.2. The first-order chi connectivity index (χ1) is 16.6. The molecular weight excluding hydrogens is 426 g/mol. The number of amides is 1. The molecule has 1 amide bonds. The van der Waals surface area contributed by atoms with Crippen LogP contribution in [-0.2, 0) is 11.3 Å². The number of carbonyl (C=O) groups is 1. The normalized spacial score (nSPS) is 11.6. The van der Waals surface area contributed by atoms with Crippen molar-refractivity contribution < 1.29 is 9.53 Å². The molecule has 34 heavy (non-hydrogen) atoms. The zero-order valence-corrected chi connectivity index (χ0v) is 19.1. The zero-order valence-electron chi connectivity index (χ0n) is 19.1. The predicted octanol–water partition coefficient (Wildman–Crippen LogP) is 4.53. The van der Waals surface area contributed by atoms with E-state index < -0.39 is 6.10 Å². The van der Waals surface area contributed by atoms with Crippen molar-refractivity contribution in [1.82, 2.24) is 20.1 Å². The van der Waals surface area contributed by atoms with Crippen molar-refractivity contribution in [1.29, 1.82) is 5.26 Å². The van der Waals surface area contributed by atoms with E-state index in [0.717, 1.165) is 22.5 Å². The number of hydrogen-bond donors (Lipinski definition) is 1. The molecule has 1 unspecified atom stereocenters. The van der Waals surface area contributed by atoms with E-state index in [1.807, 2.05) is 62.5 Å². The van der Waals surface area contributed by atoms with Gasteiger partial charge in [0, 0.05) is 36.3 Å². The van der Waals surface area contributed by atoms with Crippen LogP contribution in [-0.4, -0.2) is 26.8 Å². The second-order valence-electron chi connectivity index (χ2n) is 8.13. The van der Waals surface area contributed by atoms with Crippen LogP contribution in [0.1, 0.15) is 25.0 Å². The number of para-hydroxylation sites is 2. The van der Waals surface area contributed by atoms with E-state index in [1.165, 1.54) is 0 Å². The molecule has 0 aliphatic carbocycles. The molecule has 0 bridgehead atoms. The van der Waals surface area contributed by atoms with Crippen LogP contribution >= 0.6 is 0 Å². The Morgan fingerprint density at radius 2 is 1.76 bits per heavy atom. The van der Waals surface area contributed by atoms with Gasteiger partial charge in [0.05, 0.1) is 16.9 Å². The van der Waals surface area contributed by atoms with Crippen LogP contribution in [0.2, 0.25) is 0 Å². The molecule has 0 spiro atoms. The summed E-state index contributed by atoms with van der Waals surface area (Å²) in [6.45, 7) is 4.10. The van der Waals surface area contributed by atoms with Gasteiger partial charge in [-0.15, -0.1) is 0 Å². The first-order valence-electron chi connectivity index (χ1n) is 11.0. The number of aromatic nitrogens is 3. The average molecular weight is 452 g/mol. The largest absolute Gasteiger partial charge is 0.479 e. The van der Waals surface area contributed by atoms with E-state index in [-0.39, 0.29) is 18.4 Å². The highest BCUT2D eigenvalue weighted by atomic mass is 16.5. The molecule has 1 N–H and O–H groups in total. The van der Waals surface area contributed by atoms with Crippen molar-refractivity contribution in [2.24, 2.45) is 5.92 Å². The molecule has 1 atom stereocenters. The van der Waals surface area contributed by atoms with Crippen LogP contribution in [0.15, 0.2) is 85.3 Å². The number of benzene rings is 2. The third-order valence-electron chi connectivity index (χ3n) is 5.34. The average Bonchev–Trinajstić information content (AvgIpc) is 3.31. The lowest BCUT2D eigenvalue weighted by atomic mass is 10.1. The fraction of sp³-hybridized carbons (Fsp3) is 0.185. The maximum Gasteiger partial charge on any atom is 0.261 e. The molecular formula is C27H25N5O2. The Morgan fingerprint density at radius 1 is 1.06 bits per heavy atom. The summed E-state index contributed by atoms with van der Waals surface area (Å²) in [6, 6.07) is 22.6. The minimum absolute atomic E-state index is 0.0986. The molecule has 4 aromatic rings. The maximum atomic E-state index is 13.1. The quantitative estimate of drug-likeness (QED) is 0.425. The Hall–Kier alpha value is -4.44. The molecule has 2 aromatic carbocycles. The van der Waals surface area contributed by atoms with Crippen LogP contribution in [0.25, 0.3) is 16.9 Å². The number of ether oxygens (including phenoxy) is 1. The summed E-state index contributed by atoms with van der Waals surface area (Å²) >= 11 is 0. The van der Waals surface area contributed by atoms with Gasteiger partial charge >= 0.3 is 0 Å². The van der Waals surface area contributed by atoms with Gasteiger partial charge in [0.25, 0.3) is 5.91 Å². The van der Waals surface area contributed by atoms with Crippen LogP contribution in [0.3, 0.4) is 0 Å². The van der Waals surface area contributed by atoms with Crippen LogP contribution in [0.5, 0.6) is 5.75 Å². The lowest BCUT2D eigenvalue weighted by molar-refractivity contribution is -0.130. The van der Waals surface area contributed by atoms with Gasteiger partial charge in [-0.3, -0.25) is 9.78 Å². The molecule has 170 valence electrons. The standard InChI is InChI=1S/C27H25N5O2/c1-19(2)26(34-24-11-7-6-8-21(24)16-28)27(33)30-17-22-18-32(23-9-4-3-5-10-23)31-25(22)20-12-14-29-15-13-20/h3-15,18-19,26H,17H2,1-2H3,(H,30,33). The van der Waals surface area contributed by atoms with Gasteiger partial charge in [-0.25, -0.2) is 4.68 Å². The van der Waals surface area contributed by atoms with Gasteiger partial charge in [-0.1, -0.05) is 44.2 Å². The molecule has 0 aliphatic rings. The smallest absolute Gasteiger partial charge is 0.261 e. The molecule has 0 radical (unpaired) electrons. The minimum atomic E-state index is -0.747. The first-order valence-corrected chi connectivity index (χ1v) is 11.0. The molecule has 7 nitrogen and oxygen atoms in total. The molecule has 4 rings (SSSR count). The Labute approximate surface area is 198 Å². The molecule has 2 heterocycles. The summed E-state index contributed by atoms with van der Waals surface area (Å²) in [7, 11) is 0. The van der Waals surface area contributed by atoms with E-state index in [2.05, 4.69) is 16.4 Å². The summed E-state index contributed by atoms with van der Waals surface area (Å²) < 4.78 is 7.78. The number of nitriles is 1. The van der Waals surface area contributed by atoms with Crippen molar-refractivity contribution in [3.05, 3.63) is 96.4 Å². The van der Waals surface area contributed by atoms with E-state index in [4.69, 9.17) is 9.84 Å². The summed E-state index contributed by atoms with van der Waals surface area (Å²) in [5.41, 5.74) is 3.86. The van der Waals surface area contributed by atoms with Gasteiger partial charge in [-0.2, -0.15) is 10.4 Å². The number of rotatable bonds is 8. The third-order valence-corrected chi connectivity index (χ3v) is 5.34. The van der Waals surface area contributed by atoms with Gasteiger partial charge in [0.2, 0.25) is 0 Å². The Bertz CT molecular complexity index is 1290. The molecule has 7 heteroatoms. The molecule has 0 fully saturated rings. The molecule has 0 saturated carbocycles. The SMILES string of the molecule is CC(C)C(Oc1ccccc1C#N)C(=O)NCc1cn(-c2ccccc2)nc1-c1ccncc1. The first kappa shape index (κ1) is 22.7. The highest BCUT2D eigenvalue weighted by Crippen LogP contribution is 2.24. The monoisotopic (exact) mass is 451 g/mol. The van der Waals surface area contributed by atoms with E-state index in [9.17, 15) is 10.1 Å². The number of carbonyl (C=O) groups excluding carboxylic acids is 1. The van der Waals surface area contributed by atoms with Crippen molar-refractivity contribution in [3.8, 4) is 28.8 Å². The summed E-state index contributed by atoms with van der Waals surface area (Å²) in [6.07, 6.45) is 4.60. The number of nitrogens with one attached hydrogen (secondary N) is 1. The maximum absolute atomic E-state index is 13.1. The fourth-order valence-electron chi connectivity index (χ4n) is 3.58. The van der Waals surface area contributed by atoms with E-state index in [1.54, 1.807) is 41.3 Å². The van der Waals surface area contributed by atoms with Crippen LogP contribution in [0.4, 0.5) is 0 Å². The second-order valence-corrected chi connectivity index (χ2v) is 8.13. The van der Waals surface area contributed by atoms with E-state index >= 15 is 0 Å². The molecule has 0 saturated heterocycles. The van der Waals surface area contributed by atoms with Crippen molar-refractivity contribution in [3.63, 3.8) is 0 Å². The van der Waals surface area contributed by atoms with Gasteiger partial charge in [-0.05, 0) is 42.3 Å². The third kappa shape index (κ3) is 5.13. The van der Waals surface area contributed by atoms with Crippen LogP contribution in [0, 0.1) is 17.2 Å². The lowest BCUT2D eigenvalue weighted by Gasteiger charge is -2.22. The molecule has 2 aromatic heterocycles. The highest BCUT2D eigenvalue weighted by molar-refractivity contribution is 5.81. The predicted molar refractivity (Wildman–Crippen MR) is 129 cm³/mol. The Morgan fingerprint density at radius 3 is 2.47 bits per heavy atom. The van der Waals surface area contributed by atoms with Gasteiger partial charge < -0.3 is 10.1 Å². The number of hydrogen-bond acceptors (Lipinski definition) is 5. The zero-order chi connectivity index (χ0) is 23.9. The number of nitrogens with zero attached hydrogens (tertiary/aromatic N) is 4. The van der Waals surface area contributed by atoms with Crippen molar-refractivity contribution in [2.75, 3.05) is 0 Å². The highest BCUT2D eigenvalue weighted by Gasteiger charge is 2.25. The van der Waals surface area contributed by atoms with Gasteiger partial charge in [0.1, 0.15) is 11.8 Å². The minimum Gasteiger partial charge on any atom is -0.479 e. The second kappa shape index (κ2) is 10.5. The fourth-order valence-corrected chi connectivity index (χ4v) is 3.58. The van der Waals surface area contributed by atoms with Crippen molar-refractivity contribution >= 4 is 5.91 Å². The Kier molecular flexibility index (Phi) is 6.99. The molecule has 0 aliphatic heterocycles. The number of pyridine rings is 1. The summed E-state index contributed by atoms with van der Waals surface area (Å²) in [5.74, 6) is 0.0440. The lowest BCUT2D eigenvalue weighted by Crippen LogP contribution is -2.41. The van der Waals surface area contributed by atoms with Crippen molar-refractivity contribution in [2.45, 2.75) is 26.5 Å². The summed E-state index contributed by atoms with van der Waals surface area (Å²) in [5, 5.41) is 17.1. The topological polar surface area (TPSA) is 92.8 Å². The Balaban J connectivity index is 1.57. The van der Waals surface area contributed by atoms with Crippen LogP contribution < -0.4 is 10.1 Å². The van der Waals surface area contributed by atoms with Gasteiger partial charge in [0.15, 0.2) is 6.10 Å². The van der Waals surface area contributed by atoms with E-state index in [0.29, 0.717) is 11.3 Å².